The molecule has 2 aromatic rings. The van der Waals surface area contributed by atoms with Crippen molar-refractivity contribution in [2.75, 3.05) is 27.4 Å². The Morgan fingerprint density at radius 1 is 0.857 bits per heavy atom. The standard InChI is InChI=1S/C12H10F4O2.C8H12F3NO3.C6H4BrF.CH4/c1-2-11(12(14,15)16)18-7-10(17)8-5-3-4-6-9(8)13;1-4-6(8(9,10)11)15-5-7(13)12(2)14-3;7-5-3-1-2-4-6(5)8;/h2-6,11H,1,7H2;4,6H,1,5H2,2-3H3;1-4H;1H4. The maximum Gasteiger partial charge on any atom is 0.418 e. The monoisotopic (exact) mass is 679 g/mol. The van der Waals surface area contributed by atoms with Crippen LogP contribution >= 0.6 is 15.9 Å². The fourth-order valence-corrected chi connectivity index (χ4v) is 2.60. The second-order valence-electron chi connectivity index (χ2n) is 7.41. The third-order valence-corrected chi connectivity index (χ3v) is 5.12. The van der Waals surface area contributed by atoms with Crippen molar-refractivity contribution in [3.05, 3.63) is 95.5 Å². The molecule has 0 fully saturated rings. The van der Waals surface area contributed by atoms with Crippen molar-refractivity contribution < 1.29 is 59.0 Å². The van der Waals surface area contributed by atoms with Crippen LogP contribution < -0.4 is 0 Å². The zero-order chi connectivity index (χ0) is 31.8. The second-order valence-corrected chi connectivity index (χ2v) is 8.26. The lowest BCUT2D eigenvalue weighted by atomic mass is 10.1. The van der Waals surface area contributed by atoms with Crippen molar-refractivity contribution >= 4 is 27.6 Å². The first kappa shape index (κ1) is 41.0. The fraction of sp³-hybridized carbons (Fsp3) is 0.333. The summed E-state index contributed by atoms with van der Waals surface area (Å²) in [6.45, 7) is 4.35. The molecule has 0 heterocycles. The van der Waals surface area contributed by atoms with E-state index in [0.29, 0.717) is 16.6 Å². The van der Waals surface area contributed by atoms with Crippen molar-refractivity contribution in [3.63, 3.8) is 0 Å². The molecular formula is C27H30BrF8NO5. The molecular weight excluding hydrogens is 650 g/mol. The average molecular weight is 680 g/mol. The summed E-state index contributed by atoms with van der Waals surface area (Å²) in [5.74, 6) is -2.58. The van der Waals surface area contributed by atoms with Gasteiger partial charge in [-0.05, 0) is 40.2 Å². The third-order valence-electron chi connectivity index (χ3n) is 4.48. The Kier molecular flexibility index (Phi) is 19.4. The predicted octanol–water partition coefficient (Wildman–Crippen LogP) is 7.51. The summed E-state index contributed by atoms with van der Waals surface area (Å²) in [7, 11) is 2.48. The van der Waals surface area contributed by atoms with Gasteiger partial charge in [0.1, 0.15) is 24.8 Å². The van der Waals surface area contributed by atoms with Gasteiger partial charge in [-0.15, -0.1) is 13.2 Å². The Balaban J connectivity index is 0. The van der Waals surface area contributed by atoms with Crippen LogP contribution in [0.25, 0.3) is 0 Å². The average Bonchev–Trinajstić information content (AvgIpc) is 2.89. The van der Waals surface area contributed by atoms with E-state index in [2.05, 4.69) is 43.4 Å². The number of hydrogen-bond acceptors (Lipinski definition) is 5. The molecule has 0 spiro atoms. The van der Waals surface area contributed by atoms with E-state index in [0.717, 1.165) is 11.1 Å². The van der Waals surface area contributed by atoms with Crippen LogP contribution in [0.3, 0.4) is 0 Å². The molecule has 1 amide bonds. The van der Waals surface area contributed by atoms with Gasteiger partial charge in [-0.2, -0.15) is 26.3 Å². The molecule has 2 atom stereocenters. The van der Waals surface area contributed by atoms with Gasteiger partial charge in [0.2, 0.25) is 0 Å². The Morgan fingerprint density at radius 3 is 1.64 bits per heavy atom. The maximum absolute atomic E-state index is 13.2. The minimum absolute atomic E-state index is 0. The molecule has 236 valence electrons. The van der Waals surface area contributed by atoms with Crippen molar-refractivity contribution in [3.8, 4) is 0 Å². The summed E-state index contributed by atoms with van der Waals surface area (Å²) in [4.78, 5) is 26.9. The first-order valence-electron chi connectivity index (χ1n) is 11.1. The molecule has 2 unspecified atom stereocenters. The van der Waals surface area contributed by atoms with Gasteiger partial charge in [0.05, 0.1) is 17.1 Å². The molecule has 0 saturated carbocycles. The first-order chi connectivity index (χ1) is 19.0. The highest BCUT2D eigenvalue weighted by Crippen LogP contribution is 2.24. The minimum atomic E-state index is -4.64. The molecule has 0 bridgehead atoms. The Morgan fingerprint density at radius 2 is 1.29 bits per heavy atom. The summed E-state index contributed by atoms with van der Waals surface area (Å²) < 4.78 is 108. The molecule has 2 aromatic carbocycles. The van der Waals surface area contributed by atoms with E-state index >= 15 is 0 Å². The van der Waals surface area contributed by atoms with Crippen LogP contribution in [0.15, 0.2) is 78.3 Å². The molecule has 2 rings (SSSR count). The maximum atomic E-state index is 13.2. The van der Waals surface area contributed by atoms with Gasteiger partial charge in [0.15, 0.2) is 18.0 Å². The van der Waals surface area contributed by atoms with Crippen molar-refractivity contribution in [1.82, 2.24) is 5.06 Å². The second kappa shape index (κ2) is 19.9. The molecule has 0 aliphatic heterocycles. The Labute approximate surface area is 246 Å². The van der Waals surface area contributed by atoms with Crippen LogP contribution in [-0.2, 0) is 19.1 Å². The number of amides is 1. The van der Waals surface area contributed by atoms with E-state index in [1.807, 2.05) is 0 Å². The van der Waals surface area contributed by atoms with Crippen LogP contribution in [0.2, 0.25) is 0 Å². The number of rotatable bonds is 10. The Hall–Kier alpha value is -3.14. The van der Waals surface area contributed by atoms with E-state index in [1.54, 1.807) is 18.2 Å². The number of carbonyl (C=O) groups is 2. The van der Waals surface area contributed by atoms with Crippen LogP contribution in [0, 0.1) is 11.6 Å². The number of Topliss-reactive ketones (excluding diaryl/α,β-unsaturated/α-hetero) is 1. The highest BCUT2D eigenvalue weighted by atomic mass is 79.9. The number of hydrogen-bond donors (Lipinski definition) is 0. The summed E-state index contributed by atoms with van der Waals surface area (Å²) in [6, 6.07) is 11.5. The van der Waals surface area contributed by atoms with Gasteiger partial charge in [-0.25, -0.2) is 13.8 Å². The van der Waals surface area contributed by atoms with Gasteiger partial charge < -0.3 is 9.47 Å². The predicted molar refractivity (Wildman–Crippen MR) is 143 cm³/mol. The number of benzene rings is 2. The zero-order valence-electron chi connectivity index (χ0n) is 21.6. The van der Waals surface area contributed by atoms with Crippen molar-refractivity contribution in [1.29, 1.82) is 0 Å². The normalized spacial score (nSPS) is 12.2. The summed E-state index contributed by atoms with van der Waals surface area (Å²) >= 11 is 3.02. The summed E-state index contributed by atoms with van der Waals surface area (Å²) in [6.07, 6.45) is -12.5. The van der Waals surface area contributed by atoms with Gasteiger partial charge >= 0.3 is 12.4 Å². The number of hydroxylamine groups is 2. The topological polar surface area (TPSA) is 65.1 Å². The summed E-state index contributed by atoms with van der Waals surface area (Å²) in [5.41, 5.74) is -0.303. The number of likely N-dealkylation sites (N-methyl/N-ethyl adjacent to an activating group) is 1. The quantitative estimate of drug-likeness (QED) is 0.113. The smallest absolute Gasteiger partial charge is 0.357 e. The Bertz CT molecular complexity index is 1110. The molecule has 6 nitrogen and oxygen atoms in total. The number of nitrogens with zero attached hydrogens (tertiary/aromatic N) is 1. The molecule has 0 N–H and O–H groups in total. The van der Waals surface area contributed by atoms with Crippen molar-refractivity contribution in [2.24, 2.45) is 0 Å². The molecule has 15 heteroatoms. The number of ether oxygens (including phenoxy) is 2. The number of halogens is 9. The fourth-order valence-electron chi connectivity index (χ4n) is 2.32. The van der Waals surface area contributed by atoms with E-state index in [1.165, 1.54) is 38.4 Å². The van der Waals surface area contributed by atoms with E-state index < -0.39 is 55.3 Å². The lowest BCUT2D eigenvalue weighted by molar-refractivity contribution is -0.211. The molecule has 42 heavy (non-hydrogen) atoms. The van der Waals surface area contributed by atoms with Crippen molar-refractivity contribution in [2.45, 2.75) is 32.0 Å². The molecule has 0 aromatic heterocycles. The lowest BCUT2D eigenvalue weighted by Crippen LogP contribution is -2.35. The minimum Gasteiger partial charge on any atom is -0.357 e. The highest BCUT2D eigenvalue weighted by molar-refractivity contribution is 9.10. The van der Waals surface area contributed by atoms with Gasteiger partial charge in [-0.1, -0.05) is 43.8 Å². The molecule has 0 aliphatic carbocycles. The highest BCUT2D eigenvalue weighted by Gasteiger charge is 2.39. The van der Waals surface area contributed by atoms with Crippen LogP contribution in [-0.4, -0.2) is 68.7 Å². The SMILES string of the molecule is C.C=CC(OCC(=O)N(C)OC)C(F)(F)F.C=CC(OCC(=O)c1ccccc1F)C(F)(F)F.Fc1ccccc1Br. The van der Waals surface area contributed by atoms with Crippen LogP contribution in [0.1, 0.15) is 17.8 Å². The molecule has 0 aliphatic rings. The van der Waals surface area contributed by atoms with Crippen LogP contribution in [0.4, 0.5) is 35.1 Å². The lowest BCUT2D eigenvalue weighted by Gasteiger charge is -2.19. The third kappa shape index (κ3) is 15.7. The number of alkyl halides is 6. The van der Waals surface area contributed by atoms with Crippen LogP contribution in [0.5, 0.6) is 0 Å². The number of carbonyl (C=O) groups excluding carboxylic acids is 2. The molecule has 0 radical (unpaired) electrons. The van der Waals surface area contributed by atoms with E-state index in [-0.39, 0.29) is 18.8 Å². The zero-order valence-corrected chi connectivity index (χ0v) is 23.2. The van der Waals surface area contributed by atoms with Gasteiger partial charge in [0.25, 0.3) is 5.91 Å². The van der Waals surface area contributed by atoms with E-state index in [9.17, 15) is 44.7 Å². The van der Waals surface area contributed by atoms with E-state index in [4.69, 9.17) is 0 Å². The number of ketones is 1. The summed E-state index contributed by atoms with van der Waals surface area (Å²) in [5, 5.41) is 0.774. The van der Waals surface area contributed by atoms with Gasteiger partial charge in [0, 0.05) is 7.05 Å². The molecule has 0 saturated heterocycles. The largest absolute Gasteiger partial charge is 0.418 e. The first-order valence-corrected chi connectivity index (χ1v) is 11.9. The van der Waals surface area contributed by atoms with Gasteiger partial charge in [-0.3, -0.25) is 14.4 Å².